The molecule has 0 saturated carbocycles. The summed E-state index contributed by atoms with van der Waals surface area (Å²) in [5.74, 6) is 0.530. The second-order valence-electron chi connectivity index (χ2n) is 9.64. The lowest BCUT2D eigenvalue weighted by Crippen LogP contribution is -2.31. The van der Waals surface area contributed by atoms with Gasteiger partial charge in [-0.25, -0.2) is 0 Å². The second-order valence-corrected chi connectivity index (χ2v) is 10.1. The van der Waals surface area contributed by atoms with Crippen LogP contribution in [0.1, 0.15) is 35.2 Å². The third kappa shape index (κ3) is 5.67. The van der Waals surface area contributed by atoms with Crippen LogP contribution >= 0.6 is 11.6 Å². The molecule has 0 unspecified atom stereocenters. The van der Waals surface area contributed by atoms with Crippen LogP contribution in [0, 0.1) is 0 Å². The number of hydrogen-bond acceptors (Lipinski definition) is 5. The molecular weight excluding hydrogens is 460 g/mol. The summed E-state index contributed by atoms with van der Waals surface area (Å²) in [7, 11) is 4.34. The molecule has 3 aromatic rings. The predicted octanol–water partition coefficient (Wildman–Crippen LogP) is 4.56. The van der Waals surface area contributed by atoms with Gasteiger partial charge in [-0.15, -0.1) is 0 Å². The van der Waals surface area contributed by atoms with Gasteiger partial charge in [0.1, 0.15) is 12.4 Å². The predicted molar refractivity (Wildman–Crippen MR) is 141 cm³/mol. The maximum Gasteiger partial charge on any atom is 0.258 e. The quantitative estimate of drug-likeness (QED) is 0.486. The van der Waals surface area contributed by atoms with E-state index in [1.165, 1.54) is 29.2 Å². The van der Waals surface area contributed by atoms with Crippen molar-refractivity contribution in [2.45, 2.75) is 38.5 Å². The molecule has 3 heterocycles. The van der Waals surface area contributed by atoms with Crippen LogP contribution in [0.15, 0.2) is 59.7 Å². The number of aryl methyl sites for hydroxylation is 1. The number of likely N-dealkylation sites (tertiary alicyclic amines) is 1. The number of ether oxygens (including phenoxy) is 1. The molecule has 7 heteroatoms. The number of benzene rings is 1. The van der Waals surface area contributed by atoms with E-state index in [1.54, 1.807) is 23.0 Å². The maximum atomic E-state index is 12.8. The molecule has 0 N–H and O–H groups in total. The average Bonchev–Trinajstić information content (AvgIpc) is 3.32. The molecule has 1 aliphatic heterocycles. The van der Waals surface area contributed by atoms with E-state index in [9.17, 15) is 4.79 Å². The Morgan fingerprint density at radius 3 is 2.77 bits per heavy atom. The molecule has 1 aliphatic carbocycles. The Kier molecular flexibility index (Phi) is 7.04. The molecular formula is C28H31ClN4O2. The molecule has 2 aromatic heterocycles. The number of allylic oxidation sites excluding steroid dienone is 1. The van der Waals surface area contributed by atoms with Crippen LogP contribution in [-0.4, -0.2) is 52.6 Å². The Morgan fingerprint density at radius 2 is 2.03 bits per heavy atom. The van der Waals surface area contributed by atoms with Crippen molar-refractivity contribution in [2.75, 3.05) is 27.2 Å². The first-order valence-corrected chi connectivity index (χ1v) is 12.5. The Hall–Kier alpha value is -2.93. The van der Waals surface area contributed by atoms with Crippen LogP contribution in [0.2, 0.25) is 5.02 Å². The van der Waals surface area contributed by atoms with E-state index in [0.29, 0.717) is 16.8 Å². The largest absolute Gasteiger partial charge is 0.487 e. The molecule has 1 saturated heterocycles. The van der Waals surface area contributed by atoms with Crippen LogP contribution in [-0.2, 0) is 19.6 Å². The van der Waals surface area contributed by atoms with Crippen molar-refractivity contribution >= 4 is 23.4 Å². The normalized spacial score (nSPS) is 17.9. The van der Waals surface area contributed by atoms with Crippen molar-refractivity contribution in [1.29, 1.82) is 0 Å². The summed E-state index contributed by atoms with van der Waals surface area (Å²) in [6.07, 6.45) is 8.52. The van der Waals surface area contributed by atoms with Gasteiger partial charge in [0.2, 0.25) is 0 Å². The number of hydrogen-bond donors (Lipinski definition) is 0. The van der Waals surface area contributed by atoms with E-state index in [0.717, 1.165) is 43.9 Å². The van der Waals surface area contributed by atoms with E-state index in [-0.39, 0.29) is 12.2 Å². The SMILES string of the molecule is CN(C)[C@@H]1CCN(Cc2ccc3c(c2)CCC(n2ccc(OCc4ccc(Cl)cn4)cc2=O)=C3)C1. The summed E-state index contributed by atoms with van der Waals surface area (Å²) in [5.41, 5.74) is 5.60. The van der Waals surface area contributed by atoms with Gasteiger partial charge in [0.25, 0.3) is 5.56 Å². The van der Waals surface area contributed by atoms with E-state index >= 15 is 0 Å². The van der Waals surface area contributed by atoms with Gasteiger partial charge in [-0.1, -0.05) is 29.8 Å². The van der Waals surface area contributed by atoms with Crippen LogP contribution in [0.5, 0.6) is 5.75 Å². The van der Waals surface area contributed by atoms with Crippen molar-refractivity contribution in [3.8, 4) is 5.75 Å². The molecule has 35 heavy (non-hydrogen) atoms. The summed E-state index contributed by atoms with van der Waals surface area (Å²) in [4.78, 5) is 21.9. The summed E-state index contributed by atoms with van der Waals surface area (Å²) >= 11 is 5.87. The van der Waals surface area contributed by atoms with Gasteiger partial charge in [-0.2, -0.15) is 0 Å². The zero-order chi connectivity index (χ0) is 24.4. The van der Waals surface area contributed by atoms with E-state index < -0.39 is 0 Å². The molecule has 0 amide bonds. The number of likely N-dealkylation sites (N-methyl/N-ethyl adjacent to an activating group) is 1. The molecule has 0 bridgehead atoms. The summed E-state index contributed by atoms with van der Waals surface area (Å²) in [6, 6.07) is 14.4. The minimum absolute atomic E-state index is 0.0950. The van der Waals surface area contributed by atoms with Gasteiger partial charge in [-0.05, 0) is 74.3 Å². The van der Waals surface area contributed by atoms with Crippen LogP contribution in [0.25, 0.3) is 11.8 Å². The zero-order valence-corrected chi connectivity index (χ0v) is 21.0. The molecule has 5 rings (SSSR count). The first-order valence-electron chi connectivity index (χ1n) is 12.1. The maximum absolute atomic E-state index is 12.8. The number of nitrogens with zero attached hydrogens (tertiary/aromatic N) is 4. The van der Waals surface area contributed by atoms with Crippen molar-refractivity contribution in [2.24, 2.45) is 0 Å². The number of halogens is 1. The Bertz CT molecular complexity index is 1280. The average molecular weight is 491 g/mol. The van der Waals surface area contributed by atoms with Crippen molar-refractivity contribution in [3.63, 3.8) is 0 Å². The third-order valence-electron chi connectivity index (χ3n) is 6.94. The third-order valence-corrected chi connectivity index (χ3v) is 7.16. The van der Waals surface area contributed by atoms with Crippen LogP contribution in [0.3, 0.4) is 0 Å². The smallest absolute Gasteiger partial charge is 0.258 e. The minimum Gasteiger partial charge on any atom is -0.487 e. The van der Waals surface area contributed by atoms with Gasteiger partial charge in [0.05, 0.1) is 10.7 Å². The fourth-order valence-corrected chi connectivity index (χ4v) is 5.00. The van der Waals surface area contributed by atoms with Gasteiger partial charge in [0, 0.05) is 49.8 Å². The number of fused-ring (bicyclic) bond motifs is 1. The van der Waals surface area contributed by atoms with Crippen molar-refractivity contribution < 1.29 is 4.74 Å². The summed E-state index contributed by atoms with van der Waals surface area (Å²) in [5, 5.41) is 0.583. The topological polar surface area (TPSA) is 50.6 Å². The standard InChI is InChI=1S/C28H31ClN4O2/c1-31(2)26-9-11-32(18-26)17-20-3-4-22-14-25(8-5-21(22)13-20)33-12-10-27(15-28(33)34)35-19-24-7-6-23(29)16-30-24/h3-4,6-7,10,12-16,26H,5,8-9,11,17-19H2,1-2H3/t26-/m1/s1. The highest BCUT2D eigenvalue weighted by atomic mass is 35.5. The molecule has 182 valence electrons. The lowest BCUT2D eigenvalue weighted by atomic mass is 9.93. The van der Waals surface area contributed by atoms with E-state index in [1.807, 2.05) is 12.1 Å². The molecule has 1 fully saturated rings. The van der Waals surface area contributed by atoms with Gasteiger partial charge >= 0.3 is 0 Å². The van der Waals surface area contributed by atoms with Crippen LogP contribution in [0.4, 0.5) is 0 Å². The molecule has 2 aliphatic rings. The fraction of sp³-hybridized carbons (Fsp3) is 0.357. The number of aromatic nitrogens is 2. The molecule has 1 aromatic carbocycles. The van der Waals surface area contributed by atoms with E-state index in [4.69, 9.17) is 16.3 Å². The Morgan fingerprint density at radius 1 is 1.14 bits per heavy atom. The lowest BCUT2D eigenvalue weighted by Gasteiger charge is -2.22. The van der Waals surface area contributed by atoms with Crippen molar-refractivity contribution in [1.82, 2.24) is 19.4 Å². The molecule has 0 spiro atoms. The minimum atomic E-state index is -0.0950. The van der Waals surface area contributed by atoms with Crippen LogP contribution < -0.4 is 10.3 Å². The van der Waals surface area contributed by atoms with Gasteiger partial charge < -0.3 is 9.64 Å². The zero-order valence-electron chi connectivity index (χ0n) is 20.3. The Balaban J connectivity index is 1.25. The second kappa shape index (κ2) is 10.4. The summed E-state index contributed by atoms with van der Waals surface area (Å²) < 4.78 is 7.47. The first kappa shape index (κ1) is 23.8. The van der Waals surface area contributed by atoms with E-state index in [2.05, 4.69) is 53.2 Å². The lowest BCUT2D eigenvalue weighted by molar-refractivity contribution is 0.264. The van der Waals surface area contributed by atoms with Gasteiger partial charge in [-0.3, -0.25) is 19.2 Å². The highest BCUT2D eigenvalue weighted by Gasteiger charge is 2.24. The fourth-order valence-electron chi connectivity index (χ4n) is 4.89. The highest BCUT2D eigenvalue weighted by molar-refractivity contribution is 6.30. The molecule has 6 nitrogen and oxygen atoms in total. The Labute approximate surface area is 211 Å². The number of pyridine rings is 2. The van der Waals surface area contributed by atoms with Gasteiger partial charge in [0.15, 0.2) is 0 Å². The molecule has 0 radical (unpaired) electrons. The molecule has 1 atom stereocenters. The summed E-state index contributed by atoms with van der Waals surface area (Å²) in [6.45, 7) is 3.57. The first-order chi connectivity index (χ1) is 16.9. The van der Waals surface area contributed by atoms with Crippen molar-refractivity contribution in [3.05, 3.63) is 92.6 Å². The number of rotatable bonds is 7. The highest BCUT2D eigenvalue weighted by Crippen LogP contribution is 2.28. The monoisotopic (exact) mass is 490 g/mol.